The Kier molecular flexibility index (Phi) is 4.30. The predicted octanol–water partition coefficient (Wildman–Crippen LogP) is 3.92. The average Bonchev–Trinajstić information content (AvgIpc) is 2.69. The number of aliphatic imine (C=N–C) groups is 1. The molecule has 0 saturated heterocycles. The molecule has 0 bridgehead atoms. The predicted molar refractivity (Wildman–Crippen MR) is 90.9 cm³/mol. The molecule has 0 spiro atoms. The third kappa shape index (κ3) is 3.05. The first kappa shape index (κ1) is 15.5. The van der Waals surface area contributed by atoms with Crippen molar-refractivity contribution in [2.45, 2.75) is 11.8 Å². The van der Waals surface area contributed by atoms with E-state index in [9.17, 15) is 9.59 Å². The summed E-state index contributed by atoms with van der Waals surface area (Å²) in [5.41, 5.74) is 1.73. The van der Waals surface area contributed by atoms with Gasteiger partial charge >= 0.3 is 0 Å². The van der Waals surface area contributed by atoms with E-state index in [2.05, 4.69) is 4.99 Å². The molecule has 2 aromatic carbocycles. The molecule has 116 valence electrons. The van der Waals surface area contributed by atoms with E-state index in [0.29, 0.717) is 17.0 Å². The lowest BCUT2D eigenvalue weighted by atomic mass is 9.94. The van der Waals surface area contributed by atoms with Gasteiger partial charge in [0.05, 0.1) is 12.8 Å². The Morgan fingerprint density at radius 1 is 1.13 bits per heavy atom. The Hall–Kier alpha value is -2.40. The fraction of sp³-hybridized carbons (Fsp3) is 0.167. The summed E-state index contributed by atoms with van der Waals surface area (Å²) in [6.07, 6.45) is 0. The van der Waals surface area contributed by atoms with Gasteiger partial charge in [0, 0.05) is 16.2 Å². The number of fused-ring (bicyclic) bond motifs is 1. The van der Waals surface area contributed by atoms with Gasteiger partial charge in [-0.05, 0) is 55.1 Å². The summed E-state index contributed by atoms with van der Waals surface area (Å²) in [5.74, 6) is -0.430. The van der Waals surface area contributed by atoms with Gasteiger partial charge in [-0.25, -0.2) is 0 Å². The molecule has 1 aliphatic heterocycles. The van der Waals surface area contributed by atoms with E-state index in [-0.39, 0.29) is 10.9 Å². The third-order valence-electron chi connectivity index (χ3n) is 3.66. The zero-order valence-electron chi connectivity index (χ0n) is 12.8. The van der Waals surface area contributed by atoms with E-state index in [0.717, 1.165) is 22.3 Å². The van der Waals surface area contributed by atoms with Crippen molar-refractivity contribution in [3.63, 3.8) is 0 Å². The topological polar surface area (TPSA) is 55.7 Å². The first-order valence-corrected chi connectivity index (χ1v) is 7.96. The number of benzene rings is 2. The van der Waals surface area contributed by atoms with Crippen LogP contribution in [0.4, 0.5) is 5.69 Å². The van der Waals surface area contributed by atoms with Crippen molar-refractivity contribution in [1.82, 2.24) is 0 Å². The number of rotatable bonds is 3. The number of Topliss-reactive ketones (excluding diaryl/α,β-unsaturated/α-hetero) is 1. The fourth-order valence-electron chi connectivity index (χ4n) is 2.45. The summed E-state index contributed by atoms with van der Waals surface area (Å²) in [4.78, 5) is 30.6. The maximum absolute atomic E-state index is 12.8. The molecule has 0 amide bonds. The first-order valence-electron chi connectivity index (χ1n) is 7.14. The van der Waals surface area contributed by atoms with Crippen LogP contribution in [0.25, 0.3) is 0 Å². The van der Waals surface area contributed by atoms with Crippen molar-refractivity contribution < 1.29 is 14.3 Å². The van der Waals surface area contributed by atoms with Gasteiger partial charge < -0.3 is 4.74 Å². The van der Waals surface area contributed by atoms with Gasteiger partial charge in [0.15, 0.2) is 5.78 Å². The highest BCUT2D eigenvalue weighted by atomic mass is 32.2. The lowest BCUT2D eigenvalue weighted by molar-refractivity contribution is -0.111. The van der Waals surface area contributed by atoms with Gasteiger partial charge in [-0.1, -0.05) is 12.1 Å². The fourth-order valence-corrected chi connectivity index (χ4v) is 3.42. The van der Waals surface area contributed by atoms with Crippen LogP contribution in [0.5, 0.6) is 5.75 Å². The Morgan fingerprint density at radius 2 is 1.83 bits per heavy atom. The number of carbonyl (C=O) groups is 2. The number of nitrogens with zero attached hydrogens (tertiary/aromatic N) is 1. The van der Waals surface area contributed by atoms with Gasteiger partial charge in [-0.2, -0.15) is 0 Å². The van der Waals surface area contributed by atoms with Crippen LogP contribution >= 0.6 is 11.8 Å². The largest absolute Gasteiger partial charge is 0.497 e. The molecule has 0 aliphatic carbocycles. The van der Waals surface area contributed by atoms with Gasteiger partial charge in [-0.3, -0.25) is 14.6 Å². The maximum Gasteiger partial charge on any atom is 0.210 e. The number of para-hydroxylation sites is 1. The Labute approximate surface area is 138 Å². The molecule has 23 heavy (non-hydrogen) atoms. The smallest absolute Gasteiger partial charge is 0.210 e. The van der Waals surface area contributed by atoms with E-state index in [4.69, 9.17) is 4.74 Å². The number of methoxy groups -OCH3 is 1. The molecule has 3 rings (SSSR count). The summed E-state index contributed by atoms with van der Waals surface area (Å²) in [6, 6.07) is 14.2. The van der Waals surface area contributed by atoms with Gasteiger partial charge in [-0.15, -0.1) is 0 Å². The molecule has 0 aromatic heterocycles. The van der Waals surface area contributed by atoms with Crippen LogP contribution in [-0.2, 0) is 4.79 Å². The normalized spacial score (nSPS) is 17.0. The van der Waals surface area contributed by atoms with Crippen molar-refractivity contribution in [2.24, 2.45) is 10.9 Å². The van der Waals surface area contributed by atoms with E-state index in [1.54, 1.807) is 38.3 Å². The first-order chi connectivity index (χ1) is 11.1. The number of thioether (sulfide) groups is 1. The van der Waals surface area contributed by atoms with Crippen LogP contribution < -0.4 is 4.74 Å². The van der Waals surface area contributed by atoms with Crippen molar-refractivity contribution >= 4 is 34.1 Å². The molecule has 4 nitrogen and oxygen atoms in total. The second kappa shape index (κ2) is 6.38. The minimum Gasteiger partial charge on any atom is -0.497 e. The number of ether oxygens (including phenoxy) is 1. The average molecular weight is 325 g/mol. The molecule has 1 atom stereocenters. The molecular weight excluding hydrogens is 310 g/mol. The van der Waals surface area contributed by atoms with Crippen LogP contribution in [-0.4, -0.2) is 23.7 Å². The zero-order chi connectivity index (χ0) is 16.4. The molecule has 0 N–H and O–H groups in total. The molecule has 1 unspecified atom stereocenters. The highest BCUT2D eigenvalue weighted by Crippen LogP contribution is 2.36. The Balaban J connectivity index is 1.95. The summed E-state index contributed by atoms with van der Waals surface area (Å²) in [6.45, 7) is 1.73. The second-order valence-corrected chi connectivity index (χ2v) is 6.21. The van der Waals surface area contributed by atoms with Crippen LogP contribution in [0.3, 0.4) is 0 Å². The lowest BCUT2D eigenvalue weighted by Crippen LogP contribution is -2.28. The molecule has 0 fully saturated rings. The zero-order valence-corrected chi connectivity index (χ0v) is 13.6. The van der Waals surface area contributed by atoms with E-state index >= 15 is 0 Å². The molecule has 2 aromatic rings. The Bertz CT molecular complexity index is 796. The minimum atomic E-state index is -0.860. The molecular formula is C18H15NO3S. The minimum absolute atomic E-state index is 0.197. The highest BCUT2D eigenvalue weighted by molar-refractivity contribution is 8.14. The van der Waals surface area contributed by atoms with E-state index in [1.807, 2.05) is 24.3 Å². The Morgan fingerprint density at radius 3 is 2.52 bits per heavy atom. The summed E-state index contributed by atoms with van der Waals surface area (Å²) < 4.78 is 5.09. The SMILES string of the molecule is COc1ccc(C(=O)C2C(=O)Sc3ccccc3N=C2C)cc1. The van der Waals surface area contributed by atoms with Crippen LogP contribution in [0.2, 0.25) is 0 Å². The lowest BCUT2D eigenvalue weighted by Gasteiger charge is -2.12. The van der Waals surface area contributed by atoms with Crippen molar-refractivity contribution in [3.05, 3.63) is 54.1 Å². The quantitative estimate of drug-likeness (QED) is 0.634. The molecule has 0 radical (unpaired) electrons. The van der Waals surface area contributed by atoms with Gasteiger partial charge in [0.2, 0.25) is 5.12 Å². The van der Waals surface area contributed by atoms with Crippen molar-refractivity contribution in [2.75, 3.05) is 7.11 Å². The van der Waals surface area contributed by atoms with E-state index < -0.39 is 5.92 Å². The summed E-state index contributed by atoms with van der Waals surface area (Å²) >= 11 is 1.08. The number of hydrogen-bond donors (Lipinski definition) is 0. The summed E-state index contributed by atoms with van der Waals surface area (Å²) in [7, 11) is 1.57. The number of hydrogen-bond acceptors (Lipinski definition) is 5. The second-order valence-electron chi connectivity index (χ2n) is 5.17. The molecule has 5 heteroatoms. The number of carbonyl (C=O) groups excluding carboxylic acids is 2. The monoisotopic (exact) mass is 325 g/mol. The molecule has 1 aliphatic rings. The van der Waals surface area contributed by atoms with Crippen molar-refractivity contribution in [3.8, 4) is 5.75 Å². The van der Waals surface area contributed by atoms with Gasteiger partial charge in [0.1, 0.15) is 11.7 Å². The summed E-state index contributed by atoms with van der Waals surface area (Å²) in [5, 5.41) is -0.197. The molecule has 1 heterocycles. The molecule has 0 saturated carbocycles. The number of ketones is 1. The van der Waals surface area contributed by atoms with Crippen LogP contribution in [0.15, 0.2) is 58.4 Å². The van der Waals surface area contributed by atoms with E-state index in [1.165, 1.54) is 0 Å². The van der Waals surface area contributed by atoms with Gasteiger partial charge in [0.25, 0.3) is 0 Å². The maximum atomic E-state index is 12.8. The van der Waals surface area contributed by atoms with Crippen LogP contribution in [0, 0.1) is 5.92 Å². The van der Waals surface area contributed by atoms with Crippen LogP contribution in [0.1, 0.15) is 17.3 Å². The third-order valence-corrected chi connectivity index (χ3v) is 4.66. The van der Waals surface area contributed by atoms with Crippen molar-refractivity contribution in [1.29, 1.82) is 0 Å². The standard InChI is InChI=1S/C18H15NO3S/c1-11-16(17(20)12-7-9-13(22-2)10-8-12)18(21)23-15-6-4-3-5-14(15)19-11/h3-10,16H,1-2H3. The highest BCUT2D eigenvalue weighted by Gasteiger charge is 2.33.